The van der Waals surface area contributed by atoms with E-state index in [0.717, 1.165) is 5.56 Å². The molecule has 1 aromatic heterocycles. The molecule has 1 heterocycles. The fourth-order valence-electron chi connectivity index (χ4n) is 3.17. The van der Waals surface area contributed by atoms with Crippen LogP contribution in [0.2, 0.25) is 0 Å². The standard InChI is InChI=1S/C25H22N4O3/c1-4-31-24-13-19(12-22(15-27)25(30)29-18(3)11-17(2)28-29)9-10-23(24)32-16-21-8-6-5-7-20(21)14-26/h5-13H,4,16H2,1-3H3/b22-12+. The van der Waals surface area contributed by atoms with Gasteiger partial charge in [-0.25, -0.2) is 4.68 Å². The van der Waals surface area contributed by atoms with Gasteiger partial charge in [-0.3, -0.25) is 4.79 Å². The van der Waals surface area contributed by atoms with E-state index in [-0.39, 0.29) is 12.2 Å². The van der Waals surface area contributed by atoms with Crippen LogP contribution in [0.3, 0.4) is 0 Å². The van der Waals surface area contributed by atoms with Gasteiger partial charge in [0.15, 0.2) is 11.5 Å². The van der Waals surface area contributed by atoms with Gasteiger partial charge in [-0.2, -0.15) is 15.6 Å². The smallest absolute Gasteiger partial charge is 0.289 e. The van der Waals surface area contributed by atoms with E-state index < -0.39 is 5.91 Å². The summed E-state index contributed by atoms with van der Waals surface area (Å²) < 4.78 is 12.8. The van der Waals surface area contributed by atoms with Gasteiger partial charge in [0.25, 0.3) is 5.91 Å². The van der Waals surface area contributed by atoms with E-state index in [0.29, 0.717) is 40.6 Å². The fourth-order valence-corrected chi connectivity index (χ4v) is 3.17. The molecule has 32 heavy (non-hydrogen) atoms. The number of carbonyl (C=O) groups is 1. The molecule has 3 rings (SSSR count). The minimum Gasteiger partial charge on any atom is -0.490 e. The zero-order valence-corrected chi connectivity index (χ0v) is 18.1. The maximum Gasteiger partial charge on any atom is 0.289 e. The van der Waals surface area contributed by atoms with Crippen molar-refractivity contribution in [3.8, 4) is 23.6 Å². The third kappa shape index (κ3) is 5.03. The summed E-state index contributed by atoms with van der Waals surface area (Å²) in [5, 5.41) is 22.9. The highest BCUT2D eigenvalue weighted by atomic mass is 16.5. The van der Waals surface area contributed by atoms with E-state index in [9.17, 15) is 15.3 Å². The molecule has 0 saturated heterocycles. The SMILES string of the molecule is CCOc1cc(/C=C(\C#N)C(=O)n2nc(C)cc2C)ccc1OCc1ccccc1C#N. The van der Waals surface area contributed by atoms with Crippen LogP contribution in [0, 0.1) is 36.5 Å². The minimum atomic E-state index is -0.496. The van der Waals surface area contributed by atoms with Crippen molar-refractivity contribution in [1.29, 1.82) is 10.5 Å². The Morgan fingerprint density at radius 1 is 1.09 bits per heavy atom. The van der Waals surface area contributed by atoms with Gasteiger partial charge in [-0.15, -0.1) is 0 Å². The maximum absolute atomic E-state index is 12.7. The molecule has 7 nitrogen and oxygen atoms in total. The van der Waals surface area contributed by atoms with Crippen LogP contribution in [0.5, 0.6) is 11.5 Å². The van der Waals surface area contributed by atoms with Crippen molar-refractivity contribution in [3.05, 3.63) is 82.2 Å². The van der Waals surface area contributed by atoms with Crippen LogP contribution in [0.25, 0.3) is 6.08 Å². The third-order valence-corrected chi connectivity index (χ3v) is 4.65. The molecule has 0 radical (unpaired) electrons. The van der Waals surface area contributed by atoms with E-state index in [2.05, 4.69) is 11.2 Å². The maximum atomic E-state index is 12.7. The normalized spacial score (nSPS) is 10.8. The second-order valence-corrected chi connectivity index (χ2v) is 7.01. The van der Waals surface area contributed by atoms with Gasteiger partial charge in [-0.1, -0.05) is 24.3 Å². The Morgan fingerprint density at radius 2 is 1.88 bits per heavy atom. The van der Waals surface area contributed by atoms with Crippen LogP contribution in [0.15, 0.2) is 54.1 Å². The molecule has 0 aliphatic heterocycles. The van der Waals surface area contributed by atoms with Crippen molar-refractivity contribution in [2.24, 2.45) is 0 Å². The first-order valence-electron chi connectivity index (χ1n) is 10.0. The van der Waals surface area contributed by atoms with E-state index >= 15 is 0 Å². The highest BCUT2D eigenvalue weighted by molar-refractivity contribution is 6.03. The van der Waals surface area contributed by atoms with Gasteiger partial charge in [0, 0.05) is 11.3 Å². The molecule has 0 N–H and O–H groups in total. The molecular weight excluding hydrogens is 404 g/mol. The average Bonchev–Trinajstić information content (AvgIpc) is 3.14. The first kappa shape index (κ1) is 22.3. The van der Waals surface area contributed by atoms with Gasteiger partial charge in [0.05, 0.1) is 23.9 Å². The Hall–Kier alpha value is -4.36. The molecule has 2 aromatic carbocycles. The first-order valence-corrected chi connectivity index (χ1v) is 10.0. The first-order chi connectivity index (χ1) is 15.5. The van der Waals surface area contributed by atoms with E-state index in [1.54, 1.807) is 50.2 Å². The molecule has 0 spiro atoms. The second kappa shape index (κ2) is 10.1. The summed E-state index contributed by atoms with van der Waals surface area (Å²) in [6, 6.07) is 18.3. The number of rotatable bonds is 7. The van der Waals surface area contributed by atoms with Gasteiger partial charge in [0.1, 0.15) is 18.2 Å². The number of nitrogens with zero attached hydrogens (tertiary/aromatic N) is 4. The summed E-state index contributed by atoms with van der Waals surface area (Å²) in [5.74, 6) is 0.483. The van der Waals surface area contributed by atoms with Gasteiger partial charge in [0.2, 0.25) is 0 Å². The summed E-state index contributed by atoms with van der Waals surface area (Å²) in [6.45, 7) is 6.02. The summed E-state index contributed by atoms with van der Waals surface area (Å²) in [7, 11) is 0. The van der Waals surface area contributed by atoms with Gasteiger partial charge >= 0.3 is 0 Å². The van der Waals surface area contributed by atoms with Gasteiger partial charge in [-0.05, 0) is 56.7 Å². The number of aromatic nitrogens is 2. The monoisotopic (exact) mass is 426 g/mol. The van der Waals surface area contributed by atoms with Crippen molar-refractivity contribution in [2.45, 2.75) is 27.4 Å². The highest BCUT2D eigenvalue weighted by Gasteiger charge is 2.16. The van der Waals surface area contributed by atoms with E-state index in [1.807, 2.05) is 25.1 Å². The minimum absolute atomic E-state index is 0.0461. The lowest BCUT2D eigenvalue weighted by Gasteiger charge is -2.13. The Labute approximate surface area is 186 Å². The molecule has 0 aliphatic carbocycles. The summed E-state index contributed by atoms with van der Waals surface area (Å²) in [4.78, 5) is 12.7. The number of allylic oxidation sites excluding steroid dienone is 1. The zero-order chi connectivity index (χ0) is 23.1. The van der Waals surface area contributed by atoms with Crippen molar-refractivity contribution in [2.75, 3.05) is 6.61 Å². The fraction of sp³-hybridized carbons (Fsp3) is 0.200. The van der Waals surface area contributed by atoms with Crippen molar-refractivity contribution < 1.29 is 14.3 Å². The molecule has 160 valence electrons. The van der Waals surface area contributed by atoms with E-state index in [1.165, 1.54) is 10.8 Å². The van der Waals surface area contributed by atoms with Crippen LogP contribution in [-0.4, -0.2) is 22.3 Å². The zero-order valence-electron chi connectivity index (χ0n) is 18.1. The highest BCUT2D eigenvalue weighted by Crippen LogP contribution is 2.30. The van der Waals surface area contributed by atoms with Gasteiger partial charge < -0.3 is 9.47 Å². The number of hydrogen-bond acceptors (Lipinski definition) is 6. The lowest BCUT2D eigenvalue weighted by atomic mass is 10.1. The van der Waals surface area contributed by atoms with E-state index in [4.69, 9.17) is 9.47 Å². The number of nitriles is 2. The van der Waals surface area contributed by atoms with Crippen LogP contribution >= 0.6 is 0 Å². The van der Waals surface area contributed by atoms with Crippen molar-refractivity contribution in [3.63, 3.8) is 0 Å². The summed E-state index contributed by atoms with van der Waals surface area (Å²) in [6.07, 6.45) is 1.50. The summed E-state index contributed by atoms with van der Waals surface area (Å²) >= 11 is 0. The van der Waals surface area contributed by atoms with Crippen molar-refractivity contribution in [1.82, 2.24) is 9.78 Å². The number of ether oxygens (including phenoxy) is 2. The Kier molecular flexibility index (Phi) is 7.05. The Balaban J connectivity index is 1.87. The topological polar surface area (TPSA) is 101 Å². The molecular formula is C25H22N4O3. The lowest BCUT2D eigenvalue weighted by Crippen LogP contribution is -2.15. The quantitative estimate of drug-likeness (QED) is 0.404. The second-order valence-electron chi connectivity index (χ2n) is 7.01. The molecule has 0 atom stereocenters. The van der Waals surface area contributed by atoms with Crippen LogP contribution < -0.4 is 9.47 Å². The van der Waals surface area contributed by atoms with Crippen LogP contribution in [-0.2, 0) is 6.61 Å². The average molecular weight is 426 g/mol. The lowest BCUT2D eigenvalue weighted by molar-refractivity contribution is 0.0943. The summed E-state index contributed by atoms with van der Waals surface area (Å²) in [5.41, 5.74) is 3.24. The molecule has 3 aromatic rings. The number of hydrogen-bond donors (Lipinski definition) is 0. The largest absolute Gasteiger partial charge is 0.490 e. The molecule has 0 fully saturated rings. The van der Waals surface area contributed by atoms with Crippen molar-refractivity contribution >= 4 is 12.0 Å². The molecule has 0 saturated carbocycles. The molecule has 0 aliphatic rings. The molecule has 7 heteroatoms. The molecule has 0 bridgehead atoms. The number of benzene rings is 2. The number of carbonyl (C=O) groups excluding carboxylic acids is 1. The Bertz CT molecular complexity index is 1260. The Morgan fingerprint density at radius 3 is 2.53 bits per heavy atom. The number of aryl methyl sites for hydroxylation is 2. The van der Waals surface area contributed by atoms with Crippen LogP contribution in [0.1, 0.15) is 39.8 Å². The van der Waals surface area contributed by atoms with Crippen LogP contribution in [0.4, 0.5) is 0 Å². The third-order valence-electron chi connectivity index (χ3n) is 4.65. The molecule has 0 amide bonds. The predicted octanol–water partition coefficient (Wildman–Crippen LogP) is 4.60. The molecule has 0 unspecified atom stereocenters. The predicted molar refractivity (Wildman–Crippen MR) is 119 cm³/mol.